The van der Waals surface area contributed by atoms with Gasteiger partial charge in [0.1, 0.15) is 23.2 Å². The van der Waals surface area contributed by atoms with Crippen molar-refractivity contribution in [3.8, 4) is 0 Å². The topological polar surface area (TPSA) is 0 Å². The van der Waals surface area contributed by atoms with Crippen LogP contribution in [0.4, 0.5) is 0 Å². The first-order valence-corrected chi connectivity index (χ1v) is 9.63. The highest BCUT2D eigenvalue weighted by Crippen LogP contribution is 2.55. The van der Waals surface area contributed by atoms with E-state index in [0.29, 0.717) is 0 Å². The third-order valence-corrected chi connectivity index (χ3v) is 8.20. The molecule has 3 aromatic carbocycles. The van der Waals surface area contributed by atoms with Crippen LogP contribution in [0.3, 0.4) is 0 Å². The van der Waals surface area contributed by atoms with Crippen molar-refractivity contribution >= 4 is 23.2 Å². The summed E-state index contributed by atoms with van der Waals surface area (Å²) in [6.07, 6.45) is 0.696. The van der Waals surface area contributed by atoms with Crippen LogP contribution in [0.1, 0.15) is 14.7 Å². The van der Waals surface area contributed by atoms with E-state index in [9.17, 15) is 0 Å². The van der Waals surface area contributed by atoms with E-state index in [-0.39, 0.29) is 6.14 Å². The summed E-state index contributed by atoms with van der Waals surface area (Å²) in [4.78, 5) is 0. The zero-order valence-electron chi connectivity index (χ0n) is 13.9. The van der Waals surface area contributed by atoms with E-state index < -0.39 is 7.26 Å². The molecule has 0 N–H and O–H groups in total. The second-order valence-corrected chi connectivity index (χ2v) is 8.68. The molecule has 0 aliphatic rings. The second-order valence-electron chi connectivity index (χ2n) is 5.32. The lowest BCUT2D eigenvalue weighted by Gasteiger charge is -2.27. The first-order chi connectivity index (χ1) is 11.3. The van der Waals surface area contributed by atoms with Crippen molar-refractivity contribution in [3.63, 3.8) is 0 Å². The normalized spacial score (nSPS) is 13.4. The molecule has 22 heavy (non-hydrogen) atoms. The van der Waals surface area contributed by atoms with E-state index in [1.165, 1.54) is 15.9 Å². The molecule has 0 nitrogen and oxygen atoms in total. The van der Waals surface area contributed by atoms with Crippen molar-refractivity contribution in [2.45, 2.75) is 13.3 Å². The SMILES string of the molecule is [2H]C(CC)[P+](c1ccccc1)(c1ccccc1)c1ccccc1. The summed E-state index contributed by atoms with van der Waals surface area (Å²) in [7, 11) is -1.98. The van der Waals surface area contributed by atoms with Gasteiger partial charge in [0.2, 0.25) is 0 Å². The monoisotopic (exact) mass is 306 g/mol. The van der Waals surface area contributed by atoms with Gasteiger partial charge in [-0.1, -0.05) is 61.5 Å². The summed E-state index contributed by atoms with van der Waals surface area (Å²) < 4.78 is 8.99. The molecule has 3 aromatic rings. The number of rotatable bonds is 5. The number of hydrogen-bond acceptors (Lipinski definition) is 0. The standard InChI is InChI=1S/C21H22P/c1-2-18-22(19-12-6-3-7-13-19,20-14-8-4-9-15-20)21-16-10-5-11-17-21/h3-17H,2,18H2,1H3/q+1/i18D. The van der Waals surface area contributed by atoms with Gasteiger partial charge in [-0.05, 0) is 42.8 Å². The summed E-state index contributed by atoms with van der Waals surface area (Å²) in [5.74, 6) is 0. The van der Waals surface area contributed by atoms with Crippen LogP contribution < -0.4 is 15.9 Å². The van der Waals surface area contributed by atoms with Gasteiger partial charge in [0.15, 0.2) is 0 Å². The zero-order chi connectivity index (χ0) is 16.1. The van der Waals surface area contributed by atoms with E-state index in [4.69, 9.17) is 1.37 Å². The largest absolute Gasteiger partial charge is 0.112 e. The van der Waals surface area contributed by atoms with Gasteiger partial charge in [0.05, 0.1) is 7.51 Å². The molecule has 0 amide bonds. The fourth-order valence-electron chi connectivity index (χ4n) is 3.03. The summed E-state index contributed by atoms with van der Waals surface area (Å²) >= 11 is 0. The van der Waals surface area contributed by atoms with E-state index in [2.05, 4.69) is 97.9 Å². The van der Waals surface area contributed by atoms with Gasteiger partial charge in [-0.25, -0.2) is 0 Å². The van der Waals surface area contributed by atoms with Crippen molar-refractivity contribution in [2.24, 2.45) is 0 Å². The van der Waals surface area contributed by atoms with Gasteiger partial charge in [0, 0.05) is 0 Å². The Morgan fingerprint density at radius 3 is 1.23 bits per heavy atom. The minimum Gasteiger partial charge on any atom is -0.0620 e. The Morgan fingerprint density at radius 1 is 0.636 bits per heavy atom. The summed E-state index contributed by atoms with van der Waals surface area (Å²) in [5.41, 5.74) is 0. The first-order valence-electron chi connectivity index (χ1n) is 8.35. The smallest absolute Gasteiger partial charge is 0.0620 e. The molecule has 0 aliphatic heterocycles. The molecule has 0 radical (unpaired) electrons. The van der Waals surface area contributed by atoms with Gasteiger partial charge in [0.25, 0.3) is 0 Å². The summed E-state index contributed by atoms with van der Waals surface area (Å²) in [6, 6.07) is 31.9. The highest BCUT2D eigenvalue weighted by Gasteiger charge is 2.43. The van der Waals surface area contributed by atoms with Gasteiger partial charge < -0.3 is 0 Å². The van der Waals surface area contributed by atoms with Crippen molar-refractivity contribution in [1.29, 1.82) is 0 Å². The van der Waals surface area contributed by atoms with Gasteiger partial charge >= 0.3 is 0 Å². The molecular weight excluding hydrogens is 283 g/mol. The number of hydrogen-bond donors (Lipinski definition) is 0. The maximum Gasteiger partial charge on any atom is 0.112 e. The summed E-state index contributed by atoms with van der Waals surface area (Å²) in [6.45, 7) is 2.13. The first kappa shape index (κ1) is 13.7. The molecule has 0 saturated heterocycles. The second kappa shape index (κ2) is 6.90. The Kier molecular flexibility index (Phi) is 4.31. The molecule has 0 heterocycles. The van der Waals surface area contributed by atoms with Crippen LogP contribution in [0.2, 0.25) is 0 Å². The Balaban J connectivity index is 2.35. The molecule has 1 heteroatoms. The average molecular weight is 306 g/mol. The molecule has 0 fully saturated rings. The van der Waals surface area contributed by atoms with Crippen LogP contribution in [0.5, 0.6) is 0 Å². The minimum absolute atomic E-state index is 0.144. The Bertz CT molecular complexity index is 629. The molecule has 0 saturated carbocycles. The Hall–Kier alpha value is -1.91. The Morgan fingerprint density at radius 2 is 0.955 bits per heavy atom. The van der Waals surface area contributed by atoms with Crippen LogP contribution in [0, 0.1) is 0 Å². The van der Waals surface area contributed by atoms with Gasteiger partial charge in [-0.15, -0.1) is 0 Å². The van der Waals surface area contributed by atoms with Crippen LogP contribution >= 0.6 is 7.26 Å². The maximum atomic E-state index is 8.99. The highest BCUT2D eigenvalue weighted by molar-refractivity contribution is 7.95. The molecular formula is C21H22P+. The highest BCUT2D eigenvalue weighted by atomic mass is 31.2. The van der Waals surface area contributed by atoms with Crippen molar-refractivity contribution < 1.29 is 1.37 Å². The lowest BCUT2D eigenvalue weighted by molar-refractivity contribution is 1.10. The molecule has 3 rings (SSSR count). The minimum atomic E-state index is -1.98. The third-order valence-electron chi connectivity index (χ3n) is 3.95. The van der Waals surface area contributed by atoms with Gasteiger partial charge in [-0.2, -0.15) is 0 Å². The quantitative estimate of drug-likeness (QED) is 0.613. The van der Waals surface area contributed by atoms with Crippen LogP contribution in [-0.4, -0.2) is 6.14 Å². The Labute approximate surface area is 135 Å². The molecule has 1 atom stereocenters. The molecule has 0 aromatic heterocycles. The van der Waals surface area contributed by atoms with Crippen molar-refractivity contribution in [1.82, 2.24) is 0 Å². The fourth-order valence-corrected chi connectivity index (χ4v) is 7.03. The molecule has 0 spiro atoms. The zero-order valence-corrected chi connectivity index (χ0v) is 13.8. The average Bonchev–Trinajstić information content (AvgIpc) is 2.65. The molecule has 0 bridgehead atoms. The molecule has 1 unspecified atom stereocenters. The van der Waals surface area contributed by atoms with Gasteiger partial charge in [-0.3, -0.25) is 0 Å². The third kappa shape index (κ3) is 2.72. The molecule has 0 aliphatic carbocycles. The lowest BCUT2D eigenvalue weighted by atomic mass is 10.4. The predicted molar refractivity (Wildman–Crippen MR) is 100 cm³/mol. The number of benzene rings is 3. The fraction of sp³-hybridized carbons (Fsp3) is 0.143. The van der Waals surface area contributed by atoms with E-state index in [1.54, 1.807) is 0 Å². The lowest BCUT2D eigenvalue weighted by Crippen LogP contribution is -2.33. The van der Waals surface area contributed by atoms with Crippen molar-refractivity contribution in [2.75, 3.05) is 6.14 Å². The van der Waals surface area contributed by atoms with Crippen molar-refractivity contribution in [3.05, 3.63) is 91.0 Å². The van der Waals surface area contributed by atoms with E-state index in [0.717, 1.165) is 6.42 Å². The van der Waals surface area contributed by atoms with E-state index in [1.807, 2.05) is 0 Å². The molecule has 110 valence electrons. The van der Waals surface area contributed by atoms with Crippen LogP contribution in [0.15, 0.2) is 91.0 Å². The van der Waals surface area contributed by atoms with E-state index >= 15 is 0 Å². The summed E-state index contributed by atoms with van der Waals surface area (Å²) in [5, 5.41) is 3.87. The maximum absolute atomic E-state index is 8.99. The van der Waals surface area contributed by atoms with Crippen LogP contribution in [-0.2, 0) is 0 Å². The van der Waals surface area contributed by atoms with Crippen LogP contribution in [0.25, 0.3) is 0 Å². The predicted octanol–water partition coefficient (Wildman–Crippen LogP) is 4.39.